The number of rotatable bonds is 4. The molecular formula is C14H19NO3. The number of benzene rings is 1. The van der Waals surface area contributed by atoms with E-state index >= 15 is 0 Å². The van der Waals surface area contributed by atoms with Gasteiger partial charge in [-0.05, 0) is 43.4 Å². The molecule has 0 saturated heterocycles. The maximum atomic E-state index is 11.5. The summed E-state index contributed by atoms with van der Waals surface area (Å²) in [5.41, 5.74) is 8.04. The predicted octanol–water partition coefficient (Wildman–Crippen LogP) is 1.44. The van der Waals surface area contributed by atoms with Crippen LogP contribution in [0.25, 0.3) is 0 Å². The lowest BCUT2D eigenvalue weighted by molar-refractivity contribution is -0.144. The molecule has 0 spiro atoms. The van der Waals surface area contributed by atoms with Crippen molar-refractivity contribution >= 4 is 5.97 Å². The molecule has 4 heteroatoms. The first kappa shape index (κ1) is 12.9. The number of aryl methyl sites for hydroxylation is 1. The Balaban J connectivity index is 2.03. The van der Waals surface area contributed by atoms with Gasteiger partial charge in [-0.3, -0.25) is 4.79 Å². The van der Waals surface area contributed by atoms with Crippen molar-refractivity contribution in [1.29, 1.82) is 0 Å². The van der Waals surface area contributed by atoms with E-state index in [1.165, 1.54) is 5.56 Å². The number of nitrogens with two attached hydrogens (primary N) is 1. The summed E-state index contributed by atoms with van der Waals surface area (Å²) in [4.78, 5) is 11.5. The first-order chi connectivity index (χ1) is 8.70. The van der Waals surface area contributed by atoms with Crippen molar-refractivity contribution in [2.75, 3.05) is 13.2 Å². The van der Waals surface area contributed by atoms with Crippen LogP contribution < -0.4 is 10.5 Å². The fourth-order valence-electron chi connectivity index (χ4n) is 2.10. The molecule has 2 rings (SSSR count). The number of fused-ring (bicyclic) bond motifs is 1. The van der Waals surface area contributed by atoms with E-state index in [0.717, 1.165) is 30.8 Å². The van der Waals surface area contributed by atoms with E-state index < -0.39 is 6.04 Å². The topological polar surface area (TPSA) is 61.5 Å². The fraction of sp³-hybridized carbons (Fsp3) is 0.500. The Morgan fingerprint density at radius 1 is 1.56 bits per heavy atom. The lowest BCUT2D eigenvalue weighted by atomic mass is 10.0. The Hall–Kier alpha value is -1.55. The van der Waals surface area contributed by atoms with E-state index in [0.29, 0.717) is 13.0 Å². The van der Waals surface area contributed by atoms with Crippen LogP contribution in [0.3, 0.4) is 0 Å². The second kappa shape index (κ2) is 5.87. The van der Waals surface area contributed by atoms with Crippen LogP contribution in [-0.4, -0.2) is 25.2 Å². The molecule has 0 fully saturated rings. The summed E-state index contributed by atoms with van der Waals surface area (Å²) in [6.45, 7) is 2.90. The minimum atomic E-state index is -0.605. The normalized spacial score (nSPS) is 15.4. The maximum Gasteiger partial charge on any atom is 0.323 e. The third kappa shape index (κ3) is 3.01. The van der Waals surface area contributed by atoms with E-state index in [-0.39, 0.29) is 5.97 Å². The number of hydrogen-bond acceptors (Lipinski definition) is 4. The Labute approximate surface area is 107 Å². The van der Waals surface area contributed by atoms with E-state index in [9.17, 15) is 4.79 Å². The monoisotopic (exact) mass is 249 g/mol. The SMILES string of the molecule is CCOC(=O)[C@@H](N)Cc1ccc2c(c1)OCCC2. The summed E-state index contributed by atoms with van der Waals surface area (Å²) < 4.78 is 10.5. The van der Waals surface area contributed by atoms with Gasteiger partial charge in [-0.2, -0.15) is 0 Å². The van der Waals surface area contributed by atoms with E-state index in [2.05, 4.69) is 6.07 Å². The van der Waals surface area contributed by atoms with Gasteiger partial charge in [-0.25, -0.2) is 0 Å². The summed E-state index contributed by atoms with van der Waals surface area (Å²) in [5.74, 6) is 0.575. The van der Waals surface area contributed by atoms with Gasteiger partial charge < -0.3 is 15.2 Å². The molecule has 0 bridgehead atoms. The zero-order chi connectivity index (χ0) is 13.0. The Bertz CT molecular complexity index is 431. The van der Waals surface area contributed by atoms with Crippen molar-refractivity contribution in [3.05, 3.63) is 29.3 Å². The molecule has 2 N–H and O–H groups in total. The quantitative estimate of drug-likeness (QED) is 0.820. The first-order valence-corrected chi connectivity index (χ1v) is 6.37. The van der Waals surface area contributed by atoms with Gasteiger partial charge in [0.2, 0.25) is 0 Å². The molecule has 18 heavy (non-hydrogen) atoms. The average Bonchev–Trinajstić information content (AvgIpc) is 2.39. The molecule has 1 atom stereocenters. The third-order valence-corrected chi connectivity index (χ3v) is 3.02. The van der Waals surface area contributed by atoms with Crippen molar-refractivity contribution < 1.29 is 14.3 Å². The highest BCUT2D eigenvalue weighted by atomic mass is 16.5. The Morgan fingerprint density at radius 3 is 3.17 bits per heavy atom. The summed E-state index contributed by atoms with van der Waals surface area (Å²) in [7, 11) is 0. The molecule has 0 aromatic heterocycles. The Morgan fingerprint density at radius 2 is 2.39 bits per heavy atom. The number of carbonyl (C=O) groups excluding carboxylic acids is 1. The zero-order valence-electron chi connectivity index (χ0n) is 10.6. The number of carbonyl (C=O) groups is 1. The molecule has 98 valence electrons. The highest BCUT2D eigenvalue weighted by Crippen LogP contribution is 2.26. The molecule has 1 aromatic carbocycles. The molecule has 1 aliphatic rings. The minimum absolute atomic E-state index is 0.351. The molecule has 4 nitrogen and oxygen atoms in total. The molecule has 0 unspecified atom stereocenters. The molecule has 1 aliphatic heterocycles. The molecule has 1 aromatic rings. The van der Waals surface area contributed by atoms with E-state index in [1.54, 1.807) is 6.92 Å². The second-order valence-electron chi connectivity index (χ2n) is 4.46. The van der Waals surface area contributed by atoms with Gasteiger partial charge in [0.05, 0.1) is 13.2 Å². The second-order valence-corrected chi connectivity index (χ2v) is 4.46. The van der Waals surface area contributed by atoms with Gasteiger partial charge in [0.15, 0.2) is 0 Å². The van der Waals surface area contributed by atoms with Crippen LogP contribution in [0.5, 0.6) is 5.75 Å². The fourth-order valence-corrected chi connectivity index (χ4v) is 2.10. The number of hydrogen-bond donors (Lipinski definition) is 1. The number of ether oxygens (including phenoxy) is 2. The molecule has 1 heterocycles. The summed E-state index contributed by atoms with van der Waals surface area (Å²) >= 11 is 0. The smallest absolute Gasteiger partial charge is 0.323 e. The lowest BCUT2D eigenvalue weighted by Crippen LogP contribution is -2.34. The maximum absolute atomic E-state index is 11.5. The summed E-state index contributed by atoms with van der Waals surface area (Å²) in [6.07, 6.45) is 2.60. The molecule has 0 radical (unpaired) electrons. The highest BCUT2D eigenvalue weighted by Gasteiger charge is 2.17. The highest BCUT2D eigenvalue weighted by molar-refractivity contribution is 5.75. The van der Waals surface area contributed by atoms with Gasteiger partial charge in [-0.1, -0.05) is 12.1 Å². The lowest BCUT2D eigenvalue weighted by Gasteiger charge is -2.18. The van der Waals surface area contributed by atoms with Gasteiger partial charge >= 0.3 is 5.97 Å². The van der Waals surface area contributed by atoms with Gasteiger partial charge in [0.25, 0.3) is 0 Å². The van der Waals surface area contributed by atoms with Crippen LogP contribution in [-0.2, 0) is 22.4 Å². The van der Waals surface area contributed by atoms with E-state index in [4.69, 9.17) is 15.2 Å². The van der Waals surface area contributed by atoms with Gasteiger partial charge in [0, 0.05) is 0 Å². The molecule has 0 aliphatic carbocycles. The minimum Gasteiger partial charge on any atom is -0.493 e. The van der Waals surface area contributed by atoms with Crippen LogP contribution in [0.1, 0.15) is 24.5 Å². The third-order valence-electron chi connectivity index (χ3n) is 3.02. The van der Waals surface area contributed by atoms with Crippen LogP contribution in [0.4, 0.5) is 0 Å². The largest absolute Gasteiger partial charge is 0.493 e. The van der Waals surface area contributed by atoms with Gasteiger partial charge in [0.1, 0.15) is 11.8 Å². The molecular weight excluding hydrogens is 230 g/mol. The van der Waals surface area contributed by atoms with Crippen LogP contribution in [0.15, 0.2) is 18.2 Å². The first-order valence-electron chi connectivity index (χ1n) is 6.37. The predicted molar refractivity (Wildman–Crippen MR) is 68.6 cm³/mol. The van der Waals surface area contributed by atoms with Crippen LogP contribution >= 0.6 is 0 Å². The summed E-state index contributed by atoms with van der Waals surface area (Å²) in [6, 6.07) is 5.44. The average molecular weight is 249 g/mol. The zero-order valence-corrected chi connectivity index (χ0v) is 10.6. The molecule has 0 amide bonds. The van der Waals surface area contributed by atoms with Crippen molar-refractivity contribution in [3.8, 4) is 5.75 Å². The van der Waals surface area contributed by atoms with E-state index in [1.807, 2.05) is 12.1 Å². The Kier molecular flexibility index (Phi) is 4.20. The van der Waals surface area contributed by atoms with Gasteiger partial charge in [-0.15, -0.1) is 0 Å². The molecule has 0 saturated carbocycles. The van der Waals surface area contributed by atoms with Crippen molar-refractivity contribution in [2.24, 2.45) is 5.73 Å². The van der Waals surface area contributed by atoms with Crippen molar-refractivity contribution in [3.63, 3.8) is 0 Å². The van der Waals surface area contributed by atoms with Crippen LogP contribution in [0, 0.1) is 0 Å². The summed E-state index contributed by atoms with van der Waals surface area (Å²) in [5, 5.41) is 0. The van der Waals surface area contributed by atoms with Crippen molar-refractivity contribution in [1.82, 2.24) is 0 Å². The van der Waals surface area contributed by atoms with Crippen LogP contribution in [0.2, 0.25) is 0 Å². The standard InChI is InChI=1S/C14H19NO3/c1-2-17-14(16)12(15)8-10-5-6-11-4-3-7-18-13(11)9-10/h5-6,9,12H,2-4,7-8,15H2,1H3/t12-/m0/s1. The van der Waals surface area contributed by atoms with Crippen molar-refractivity contribution in [2.45, 2.75) is 32.2 Å². The number of esters is 1.